The average Bonchev–Trinajstić information content (AvgIpc) is 2.78. The fourth-order valence-corrected chi connectivity index (χ4v) is 1.39. The second-order valence-electron chi connectivity index (χ2n) is 3.94. The van der Waals surface area contributed by atoms with Crippen LogP contribution in [-0.2, 0) is 10.9 Å². The van der Waals surface area contributed by atoms with E-state index in [1.807, 2.05) is 6.92 Å². The summed E-state index contributed by atoms with van der Waals surface area (Å²) in [6.07, 6.45) is -4.68. The minimum absolute atomic E-state index is 0.0395. The van der Waals surface area contributed by atoms with Gasteiger partial charge in [-0.25, -0.2) is 0 Å². The number of fused-ring (bicyclic) bond motifs is 1. The maximum Gasteiger partial charge on any atom is 0.453 e. The Balaban J connectivity index is 2.28. The van der Waals surface area contributed by atoms with E-state index in [4.69, 9.17) is 4.74 Å². The Morgan fingerprint density at radius 3 is 2.74 bits per heavy atom. The topological polar surface area (TPSA) is 64.3 Å². The van der Waals surface area contributed by atoms with Gasteiger partial charge in [0.05, 0.1) is 6.10 Å². The third kappa shape index (κ3) is 2.92. The largest absolute Gasteiger partial charge is 0.453 e. The van der Waals surface area contributed by atoms with Gasteiger partial charge < -0.3 is 10.1 Å². The van der Waals surface area contributed by atoms with Crippen LogP contribution in [0.1, 0.15) is 12.7 Å². The first kappa shape index (κ1) is 13.5. The molecule has 2 aromatic rings. The second kappa shape index (κ2) is 5.00. The highest BCUT2D eigenvalue weighted by Crippen LogP contribution is 2.27. The number of aromatic nitrogens is 4. The number of rotatable bonds is 4. The van der Waals surface area contributed by atoms with E-state index in [1.165, 1.54) is 12.1 Å². The summed E-state index contributed by atoms with van der Waals surface area (Å²) in [4.78, 5) is 0. The number of hydrogen-bond acceptors (Lipinski definition) is 5. The monoisotopic (exact) mass is 275 g/mol. The third-order valence-corrected chi connectivity index (χ3v) is 2.49. The molecule has 104 valence electrons. The lowest BCUT2D eigenvalue weighted by Crippen LogP contribution is -2.19. The van der Waals surface area contributed by atoms with Crippen LogP contribution in [0.15, 0.2) is 12.1 Å². The first-order chi connectivity index (χ1) is 8.91. The van der Waals surface area contributed by atoms with Gasteiger partial charge in [0, 0.05) is 13.7 Å². The molecule has 9 heteroatoms. The maximum absolute atomic E-state index is 12.6. The van der Waals surface area contributed by atoms with Gasteiger partial charge in [-0.3, -0.25) is 0 Å². The predicted molar refractivity (Wildman–Crippen MR) is 60.7 cm³/mol. The number of ether oxygens (including phenoxy) is 1. The van der Waals surface area contributed by atoms with Crippen molar-refractivity contribution < 1.29 is 17.9 Å². The van der Waals surface area contributed by atoms with Crippen molar-refractivity contribution >= 4 is 11.5 Å². The van der Waals surface area contributed by atoms with Crippen molar-refractivity contribution in [2.75, 3.05) is 19.0 Å². The molecule has 2 aromatic heterocycles. The van der Waals surface area contributed by atoms with Crippen LogP contribution in [0.3, 0.4) is 0 Å². The predicted octanol–water partition coefficient (Wildman–Crippen LogP) is 1.59. The highest BCUT2D eigenvalue weighted by Gasteiger charge is 2.37. The van der Waals surface area contributed by atoms with Crippen molar-refractivity contribution in [2.45, 2.75) is 19.2 Å². The summed E-state index contributed by atoms with van der Waals surface area (Å²) < 4.78 is 43.6. The zero-order valence-electron chi connectivity index (χ0n) is 10.3. The van der Waals surface area contributed by atoms with E-state index in [-0.39, 0.29) is 11.8 Å². The van der Waals surface area contributed by atoms with Crippen LogP contribution in [0.2, 0.25) is 0 Å². The molecule has 0 saturated heterocycles. The van der Waals surface area contributed by atoms with Crippen molar-refractivity contribution in [3.05, 3.63) is 18.0 Å². The molecule has 1 unspecified atom stereocenters. The summed E-state index contributed by atoms with van der Waals surface area (Å²) in [6, 6.07) is 2.95. The molecule has 2 rings (SSSR count). The highest BCUT2D eigenvalue weighted by atomic mass is 19.4. The van der Waals surface area contributed by atoms with Gasteiger partial charge in [0.1, 0.15) is 5.82 Å². The number of halogens is 3. The molecule has 1 N–H and O–H groups in total. The number of anilines is 1. The number of nitrogens with one attached hydrogen (secondary N) is 1. The number of nitrogens with zero attached hydrogens (tertiary/aromatic N) is 4. The van der Waals surface area contributed by atoms with Crippen LogP contribution in [-0.4, -0.2) is 39.6 Å². The zero-order chi connectivity index (χ0) is 14.0. The smallest absolute Gasteiger partial charge is 0.380 e. The Hall–Kier alpha value is -1.90. The van der Waals surface area contributed by atoms with Gasteiger partial charge >= 0.3 is 6.18 Å². The summed E-state index contributed by atoms with van der Waals surface area (Å²) in [7, 11) is 1.55. The fourth-order valence-electron chi connectivity index (χ4n) is 1.39. The molecule has 0 bridgehead atoms. The van der Waals surface area contributed by atoms with Crippen LogP contribution in [0, 0.1) is 0 Å². The second-order valence-corrected chi connectivity index (χ2v) is 3.94. The van der Waals surface area contributed by atoms with Crippen LogP contribution < -0.4 is 5.32 Å². The number of hydrogen-bond donors (Lipinski definition) is 1. The Kier molecular flexibility index (Phi) is 3.56. The summed E-state index contributed by atoms with van der Waals surface area (Å²) in [5.41, 5.74) is 0.0395. The van der Waals surface area contributed by atoms with Gasteiger partial charge in [0.25, 0.3) is 5.82 Å². The van der Waals surface area contributed by atoms with Gasteiger partial charge in [-0.2, -0.15) is 17.7 Å². The van der Waals surface area contributed by atoms with Gasteiger partial charge in [0.15, 0.2) is 5.65 Å². The lowest BCUT2D eigenvalue weighted by Gasteiger charge is -2.11. The van der Waals surface area contributed by atoms with E-state index < -0.39 is 12.0 Å². The molecule has 1 atom stereocenters. The van der Waals surface area contributed by atoms with Crippen molar-refractivity contribution in [3.8, 4) is 0 Å². The quantitative estimate of drug-likeness (QED) is 0.918. The summed E-state index contributed by atoms with van der Waals surface area (Å²) in [6.45, 7) is 2.25. The summed E-state index contributed by atoms with van der Waals surface area (Å²) in [5.74, 6) is -0.854. The Bertz CT molecular complexity index is 568. The van der Waals surface area contributed by atoms with E-state index in [1.54, 1.807) is 7.11 Å². The molecule has 0 aliphatic carbocycles. The van der Waals surface area contributed by atoms with Gasteiger partial charge in [0.2, 0.25) is 0 Å². The van der Waals surface area contributed by atoms with E-state index >= 15 is 0 Å². The lowest BCUT2D eigenvalue weighted by molar-refractivity contribution is -0.146. The van der Waals surface area contributed by atoms with Crippen LogP contribution in [0.5, 0.6) is 0 Å². The summed E-state index contributed by atoms with van der Waals surface area (Å²) >= 11 is 0. The van der Waals surface area contributed by atoms with Crippen molar-refractivity contribution in [3.63, 3.8) is 0 Å². The van der Waals surface area contributed by atoms with Crippen molar-refractivity contribution in [2.24, 2.45) is 0 Å². The van der Waals surface area contributed by atoms with E-state index in [9.17, 15) is 13.2 Å². The van der Waals surface area contributed by atoms with Crippen LogP contribution >= 0.6 is 0 Å². The molecule has 0 saturated carbocycles. The SMILES string of the molecule is COC(C)CNc1ccc2nnc(C(F)(F)F)n2n1. The molecular weight excluding hydrogens is 263 g/mol. The third-order valence-electron chi connectivity index (χ3n) is 2.49. The minimum Gasteiger partial charge on any atom is -0.380 e. The highest BCUT2D eigenvalue weighted by molar-refractivity contribution is 5.44. The van der Waals surface area contributed by atoms with E-state index in [0.29, 0.717) is 16.9 Å². The minimum atomic E-state index is -4.59. The molecule has 6 nitrogen and oxygen atoms in total. The van der Waals surface area contributed by atoms with Crippen LogP contribution in [0.25, 0.3) is 5.65 Å². The van der Waals surface area contributed by atoms with Crippen LogP contribution in [0.4, 0.5) is 19.0 Å². The van der Waals surface area contributed by atoms with E-state index in [0.717, 1.165) is 0 Å². The fraction of sp³-hybridized carbons (Fsp3) is 0.500. The standard InChI is InChI=1S/C10H12F3N5O/c1-6(19-2)5-14-7-3-4-8-15-16-9(10(11,12)13)18(8)17-7/h3-4,6H,5H2,1-2H3,(H,14,17). The molecule has 0 spiro atoms. The maximum atomic E-state index is 12.6. The normalized spacial score (nSPS) is 13.7. The van der Waals surface area contributed by atoms with Crippen molar-refractivity contribution in [1.82, 2.24) is 19.8 Å². The molecule has 0 aliphatic heterocycles. The lowest BCUT2D eigenvalue weighted by atomic mass is 10.4. The van der Waals surface area contributed by atoms with Crippen molar-refractivity contribution in [1.29, 1.82) is 0 Å². The Morgan fingerprint density at radius 2 is 2.11 bits per heavy atom. The number of alkyl halides is 3. The zero-order valence-corrected chi connectivity index (χ0v) is 10.3. The Labute approximate surface area is 106 Å². The molecule has 19 heavy (non-hydrogen) atoms. The first-order valence-corrected chi connectivity index (χ1v) is 5.48. The molecule has 0 fully saturated rings. The van der Waals surface area contributed by atoms with Gasteiger partial charge in [-0.05, 0) is 19.1 Å². The van der Waals surface area contributed by atoms with Gasteiger partial charge in [-0.1, -0.05) is 0 Å². The molecule has 0 aliphatic rings. The van der Waals surface area contributed by atoms with Gasteiger partial charge in [-0.15, -0.1) is 15.3 Å². The average molecular weight is 275 g/mol. The molecule has 2 heterocycles. The van der Waals surface area contributed by atoms with E-state index in [2.05, 4.69) is 20.6 Å². The summed E-state index contributed by atoms with van der Waals surface area (Å²) in [5, 5.41) is 13.2. The first-order valence-electron chi connectivity index (χ1n) is 5.48. The number of methoxy groups -OCH3 is 1. The molecular formula is C10H12F3N5O. The Morgan fingerprint density at radius 1 is 1.37 bits per heavy atom. The molecule has 0 radical (unpaired) electrons. The molecule has 0 amide bonds. The molecule has 0 aromatic carbocycles.